The van der Waals surface area contributed by atoms with Crippen LogP contribution < -0.4 is 16.2 Å². The summed E-state index contributed by atoms with van der Waals surface area (Å²) in [5, 5.41) is 5.93. The van der Waals surface area contributed by atoms with Gasteiger partial charge >= 0.3 is 6.03 Å². The van der Waals surface area contributed by atoms with Gasteiger partial charge in [-0.3, -0.25) is 19.5 Å². The number of ether oxygens (including phenoxy) is 1. The highest BCUT2D eigenvalue weighted by atomic mass is 32.2. The number of hydrogen-bond acceptors (Lipinski definition) is 6. The normalized spacial score (nSPS) is 10.9. The van der Waals surface area contributed by atoms with Crippen molar-refractivity contribution < 1.29 is 14.3 Å². The van der Waals surface area contributed by atoms with E-state index in [0.29, 0.717) is 47.9 Å². The van der Waals surface area contributed by atoms with Crippen molar-refractivity contribution in [2.24, 2.45) is 0 Å². The maximum atomic E-state index is 13.0. The minimum absolute atomic E-state index is 0.0589. The molecule has 1 heterocycles. The molecule has 3 aromatic rings. The monoisotopic (exact) mass is 468 g/mol. The molecule has 174 valence electrons. The van der Waals surface area contributed by atoms with Gasteiger partial charge in [-0.25, -0.2) is 9.78 Å². The first-order valence-corrected chi connectivity index (χ1v) is 11.8. The van der Waals surface area contributed by atoms with Crippen molar-refractivity contribution in [2.45, 2.75) is 38.9 Å². The van der Waals surface area contributed by atoms with Crippen LogP contribution >= 0.6 is 11.8 Å². The van der Waals surface area contributed by atoms with Crippen LogP contribution in [0.3, 0.4) is 0 Å². The predicted molar refractivity (Wildman–Crippen MR) is 131 cm³/mol. The van der Waals surface area contributed by atoms with E-state index in [1.807, 2.05) is 39.0 Å². The van der Waals surface area contributed by atoms with E-state index >= 15 is 0 Å². The molecule has 0 radical (unpaired) electrons. The molecule has 8 nitrogen and oxygen atoms in total. The van der Waals surface area contributed by atoms with Crippen LogP contribution in [-0.4, -0.2) is 40.5 Å². The first-order chi connectivity index (χ1) is 15.9. The Hall–Kier alpha value is -3.17. The van der Waals surface area contributed by atoms with Crippen LogP contribution in [0.2, 0.25) is 0 Å². The van der Waals surface area contributed by atoms with Crippen molar-refractivity contribution in [2.75, 3.05) is 24.3 Å². The minimum atomic E-state index is -0.607. The molecule has 3 amide bonds. The summed E-state index contributed by atoms with van der Waals surface area (Å²) >= 11 is 1.12. The molecule has 0 saturated carbocycles. The number of imide groups is 1. The topological polar surface area (TPSA) is 102 Å². The Morgan fingerprint density at radius 1 is 1.12 bits per heavy atom. The largest absolute Gasteiger partial charge is 0.382 e. The highest BCUT2D eigenvalue weighted by molar-refractivity contribution is 7.99. The lowest BCUT2D eigenvalue weighted by molar-refractivity contribution is -0.117. The zero-order valence-corrected chi connectivity index (χ0v) is 19.8. The van der Waals surface area contributed by atoms with Crippen LogP contribution in [-0.2, 0) is 16.1 Å². The number of benzene rings is 2. The quantitative estimate of drug-likeness (QED) is 0.281. The van der Waals surface area contributed by atoms with Crippen LogP contribution in [0, 0.1) is 13.8 Å². The Kier molecular flexibility index (Phi) is 8.62. The average molecular weight is 469 g/mol. The second-order valence-corrected chi connectivity index (χ2v) is 8.45. The number of carbonyl (C=O) groups is 2. The average Bonchev–Trinajstić information content (AvgIpc) is 2.79. The Morgan fingerprint density at radius 2 is 1.91 bits per heavy atom. The first kappa shape index (κ1) is 24.5. The van der Waals surface area contributed by atoms with Crippen molar-refractivity contribution in [3.8, 4) is 0 Å². The third-order valence-corrected chi connectivity index (χ3v) is 6.03. The molecule has 0 aliphatic carbocycles. The lowest BCUT2D eigenvalue weighted by Gasteiger charge is -2.13. The van der Waals surface area contributed by atoms with Gasteiger partial charge in [-0.1, -0.05) is 30.0 Å². The Bertz CT molecular complexity index is 1210. The second kappa shape index (κ2) is 11.6. The molecule has 2 N–H and O–H groups in total. The van der Waals surface area contributed by atoms with Gasteiger partial charge < -0.3 is 10.1 Å². The molecule has 0 fully saturated rings. The number of amides is 3. The fraction of sp³-hybridized carbons (Fsp3) is 0.333. The fourth-order valence-corrected chi connectivity index (χ4v) is 4.02. The zero-order chi connectivity index (χ0) is 23.8. The van der Waals surface area contributed by atoms with Gasteiger partial charge in [-0.15, -0.1) is 0 Å². The summed E-state index contributed by atoms with van der Waals surface area (Å²) in [5.41, 5.74) is 3.17. The van der Waals surface area contributed by atoms with Gasteiger partial charge in [0.2, 0.25) is 5.91 Å². The summed E-state index contributed by atoms with van der Waals surface area (Å²) in [4.78, 5) is 42.1. The van der Waals surface area contributed by atoms with E-state index < -0.39 is 11.9 Å². The number of thioether (sulfide) groups is 1. The number of anilines is 1. The van der Waals surface area contributed by atoms with Crippen molar-refractivity contribution in [3.05, 3.63) is 63.9 Å². The first-order valence-electron chi connectivity index (χ1n) is 10.8. The maximum absolute atomic E-state index is 13.0. The van der Waals surface area contributed by atoms with Gasteiger partial charge in [0.25, 0.3) is 5.56 Å². The van der Waals surface area contributed by atoms with Gasteiger partial charge in [-0.05, 0) is 62.6 Å². The third-order valence-electron chi connectivity index (χ3n) is 5.05. The summed E-state index contributed by atoms with van der Waals surface area (Å²) in [6.45, 7) is 7.41. The Balaban J connectivity index is 1.67. The van der Waals surface area contributed by atoms with E-state index in [0.717, 1.165) is 22.9 Å². The van der Waals surface area contributed by atoms with Gasteiger partial charge in [-0.2, -0.15) is 0 Å². The number of aryl methyl sites for hydroxylation is 2. The molecule has 0 spiro atoms. The molecule has 9 heteroatoms. The molecular weight excluding hydrogens is 440 g/mol. The molecule has 0 aliphatic rings. The lowest BCUT2D eigenvalue weighted by atomic mass is 10.1. The van der Waals surface area contributed by atoms with E-state index in [2.05, 4.69) is 15.6 Å². The van der Waals surface area contributed by atoms with Crippen LogP contribution in [0.4, 0.5) is 10.5 Å². The highest BCUT2D eigenvalue weighted by Gasteiger charge is 2.15. The predicted octanol–water partition coefficient (Wildman–Crippen LogP) is 3.88. The number of rotatable bonds is 9. The number of aromatic nitrogens is 2. The molecule has 3 rings (SSSR count). The number of urea groups is 1. The molecule has 0 unspecified atom stereocenters. The van der Waals surface area contributed by atoms with Crippen LogP contribution in [0.15, 0.2) is 52.4 Å². The maximum Gasteiger partial charge on any atom is 0.325 e. The van der Waals surface area contributed by atoms with Crippen LogP contribution in [0.5, 0.6) is 0 Å². The standard InChI is InChI=1S/C24H28N4O4S/c1-4-32-13-7-12-28-22(30)19-8-5-6-9-20(19)26-24(28)33-15-21(29)27-23(31)25-18-11-10-16(2)17(3)14-18/h5-6,8-11,14H,4,7,12-13,15H2,1-3H3,(H2,25,27,29,31). The molecular formula is C24H28N4O4S. The Morgan fingerprint density at radius 3 is 2.67 bits per heavy atom. The second-order valence-electron chi connectivity index (χ2n) is 7.51. The van der Waals surface area contributed by atoms with E-state index in [9.17, 15) is 14.4 Å². The molecule has 0 saturated heterocycles. The number of fused-ring (bicyclic) bond motifs is 1. The summed E-state index contributed by atoms with van der Waals surface area (Å²) in [5.74, 6) is -0.541. The van der Waals surface area contributed by atoms with E-state index in [4.69, 9.17) is 4.74 Å². The number of hydrogen-bond donors (Lipinski definition) is 2. The molecule has 0 atom stereocenters. The molecule has 0 bridgehead atoms. The van der Waals surface area contributed by atoms with Crippen molar-refractivity contribution in [1.29, 1.82) is 0 Å². The SMILES string of the molecule is CCOCCCn1c(SCC(=O)NC(=O)Nc2ccc(C)c(C)c2)nc2ccccc2c1=O. The van der Waals surface area contributed by atoms with Gasteiger partial charge in [0.05, 0.1) is 16.7 Å². The minimum Gasteiger partial charge on any atom is -0.382 e. The van der Waals surface area contributed by atoms with Gasteiger partial charge in [0.15, 0.2) is 5.16 Å². The van der Waals surface area contributed by atoms with Gasteiger partial charge in [0, 0.05) is 25.4 Å². The van der Waals surface area contributed by atoms with Crippen molar-refractivity contribution >= 4 is 40.3 Å². The summed E-state index contributed by atoms with van der Waals surface area (Å²) in [7, 11) is 0. The smallest absolute Gasteiger partial charge is 0.325 e. The summed E-state index contributed by atoms with van der Waals surface area (Å²) in [6.07, 6.45) is 0.645. The Labute approximate surface area is 196 Å². The fourth-order valence-electron chi connectivity index (χ4n) is 3.20. The molecule has 2 aromatic carbocycles. The third kappa shape index (κ3) is 6.66. The lowest BCUT2D eigenvalue weighted by Crippen LogP contribution is -2.35. The van der Waals surface area contributed by atoms with E-state index in [1.165, 1.54) is 0 Å². The van der Waals surface area contributed by atoms with Crippen molar-refractivity contribution in [3.63, 3.8) is 0 Å². The van der Waals surface area contributed by atoms with Crippen LogP contribution in [0.25, 0.3) is 10.9 Å². The summed E-state index contributed by atoms with van der Waals surface area (Å²) < 4.78 is 6.94. The molecule has 0 aliphatic heterocycles. The summed E-state index contributed by atoms with van der Waals surface area (Å²) in [6, 6.07) is 12.0. The zero-order valence-electron chi connectivity index (χ0n) is 19.0. The number of carbonyl (C=O) groups excluding carboxylic acids is 2. The highest BCUT2D eigenvalue weighted by Crippen LogP contribution is 2.18. The molecule has 1 aromatic heterocycles. The van der Waals surface area contributed by atoms with E-state index in [-0.39, 0.29) is 11.3 Å². The van der Waals surface area contributed by atoms with Gasteiger partial charge in [0.1, 0.15) is 0 Å². The number of para-hydroxylation sites is 1. The van der Waals surface area contributed by atoms with E-state index in [1.54, 1.807) is 28.8 Å². The molecule has 33 heavy (non-hydrogen) atoms. The van der Waals surface area contributed by atoms with Crippen LogP contribution in [0.1, 0.15) is 24.5 Å². The number of nitrogens with zero attached hydrogens (tertiary/aromatic N) is 2. The number of nitrogens with one attached hydrogen (secondary N) is 2. The van der Waals surface area contributed by atoms with Crippen molar-refractivity contribution in [1.82, 2.24) is 14.9 Å².